The molecule has 0 saturated carbocycles. The van der Waals surface area contributed by atoms with Crippen LogP contribution in [-0.2, 0) is 11.2 Å². The van der Waals surface area contributed by atoms with Gasteiger partial charge in [-0.15, -0.1) is 11.3 Å². The van der Waals surface area contributed by atoms with Crippen molar-refractivity contribution >= 4 is 17.2 Å². The first-order valence-corrected chi connectivity index (χ1v) is 8.90. The first kappa shape index (κ1) is 17.0. The topological polar surface area (TPSA) is 54.0 Å². The number of thiazole rings is 1. The van der Waals surface area contributed by atoms with Crippen LogP contribution in [-0.4, -0.2) is 30.0 Å². The molecule has 0 bridgehead atoms. The molecule has 1 saturated heterocycles. The molecule has 4 nitrogen and oxygen atoms in total. The van der Waals surface area contributed by atoms with Crippen molar-refractivity contribution in [1.29, 1.82) is 0 Å². The molecule has 7 heteroatoms. The summed E-state index contributed by atoms with van der Waals surface area (Å²) in [6.07, 6.45) is 1.73. The first-order valence-electron chi connectivity index (χ1n) is 7.95. The third kappa shape index (κ3) is 4.15. The lowest BCUT2D eigenvalue weighted by Gasteiger charge is -2.33. The van der Waals surface area contributed by atoms with Gasteiger partial charge in [0.25, 0.3) is 0 Å². The molecule has 128 valence electrons. The highest BCUT2D eigenvalue weighted by Gasteiger charge is 2.28. The normalized spacial score (nSPS) is 20.8. The van der Waals surface area contributed by atoms with Gasteiger partial charge < -0.3 is 10.6 Å². The van der Waals surface area contributed by atoms with E-state index in [0.717, 1.165) is 30.3 Å². The minimum absolute atomic E-state index is 0.0235. The molecule has 2 unspecified atom stereocenters. The minimum atomic E-state index is -0.850. The van der Waals surface area contributed by atoms with Crippen LogP contribution in [0.15, 0.2) is 29.1 Å². The van der Waals surface area contributed by atoms with Crippen molar-refractivity contribution in [3.8, 4) is 0 Å². The van der Waals surface area contributed by atoms with Crippen molar-refractivity contribution in [3.63, 3.8) is 0 Å². The summed E-state index contributed by atoms with van der Waals surface area (Å²) in [5.41, 5.74) is 3.38. The molecule has 2 atom stereocenters. The molecule has 1 aliphatic rings. The van der Waals surface area contributed by atoms with Crippen LogP contribution in [0.1, 0.15) is 30.0 Å². The van der Waals surface area contributed by atoms with Gasteiger partial charge in [0, 0.05) is 30.3 Å². The molecule has 0 radical (unpaired) electrons. The van der Waals surface area contributed by atoms with Gasteiger partial charge in [-0.05, 0) is 37.1 Å². The van der Waals surface area contributed by atoms with Gasteiger partial charge in [-0.3, -0.25) is 4.79 Å². The standard InChI is InChI=1S/C17H19F2N3OS/c18-14-3-1-11(7-15(14)19)13-5-6-20-8-16(13)22-17(23)4-2-12-9-24-10-21-12/h1,3,7,9-10,13,16,20H,2,4-6,8H2,(H,22,23). The molecule has 1 aromatic heterocycles. The maximum atomic E-state index is 13.5. The van der Waals surface area contributed by atoms with Gasteiger partial charge in [0.1, 0.15) is 0 Å². The molecule has 2 heterocycles. The van der Waals surface area contributed by atoms with Crippen molar-refractivity contribution in [2.45, 2.75) is 31.2 Å². The summed E-state index contributed by atoms with van der Waals surface area (Å²) >= 11 is 1.51. The molecule has 0 aliphatic carbocycles. The lowest BCUT2D eigenvalue weighted by atomic mass is 9.86. The highest BCUT2D eigenvalue weighted by atomic mass is 32.1. The SMILES string of the molecule is O=C(CCc1cscn1)NC1CNCCC1c1ccc(F)c(F)c1. The number of aromatic nitrogens is 1. The zero-order valence-corrected chi connectivity index (χ0v) is 13.9. The van der Waals surface area contributed by atoms with E-state index in [4.69, 9.17) is 0 Å². The lowest BCUT2D eigenvalue weighted by molar-refractivity contribution is -0.122. The van der Waals surface area contributed by atoms with Crippen molar-refractivity contribution in [2.75, 3.05) is 13.1 Å². The van der Waals surface area contributed by atoms with E-state index in [1.807, 2.05) is 5.38 Å². The smallest absolute Gasteiger partial charge is 0.220 e. The Balaban J connectivity index is 1.63. The molecular formula is C17H19F2N3OS. The van der Waals surface area contributed by atoms with Gasteiger partial charge in [-0.2, -0.15) is 0 Å². The van der Waals surface area contributed by atoms with Crippen LogP contribution < -0.4 is 10.6 Å². The van der Waals surface area contributed by atoms with Crippen molar-refractivity contribution in [1.82, 2.24) is 15.6 Å². The largest absolute Gasteiger partial charge is 0.351 e. The Bertz CT molecular complexity index is 693. The fourth-order valence-corrected chi connectivity index (χ4v) is 3.63. The predicted molar refractivity (Wildman–Crippen MR) is 89.0 cm³/mol. The maximum absolute atomic E-state index is 13.5. The van der Waals surface area contributed by atoms with Gasteiger partial charge in [0.15, 0.2) is 11.6 Å². The van der Waals surface area contributed by atoms with Crippen LogP contribution in [0, 0.1) is 11.6 Å². The van der Waals surface area contributed by atoms with E-state index < -0.39 is 11.6 Å². The fraction of sp³-hybridized carbons (Fsp3) is 0.412. The number of nitrogens with one attached hydrogen (secondary N) is 2. The van der Waals surface area contributed by atoms with Crippen LogP contribution >= 0.6 is 11.3 Å². The van der Waals surface area contributed by atoms with Gasteiger partial charge in [0.2, 0.25) is 5.91 Å². The lowest BCUT2D eigenvalue weighted by Crippen LogP contribution is -2.50. The van der Waals surface area contributed by atoms with Crippen LogP contribution in [0.2, 0.25) is 0 Å². The number of rotatable bonds is 5. The molecule has 2 aromatic rings. The molecule has 1 amide bonds. The molecule has 1 aliphatic heterocycles. The van der Waals surface area contributed by atoms with Crippen LogP contribution in [0.5, 0.6) is 0 Å². The number of benzene rings is 1. The third-order valence-electron chi connectivity index (χ3n) is 4.29. The van der Waals surface area contributed by atoms with Crippen molar-refractivity contribution < 1.29 is 13.6 Å². The summed E-state index contributed by atoms with van der Waals surface area (Å²) in [6.45, 7) is 1.40. The molecular weight excluding hydrogens is 332 g/mol. The Hall–Kier alpha value is -1.86. The Morgan fingerprint density at radius 2 is 2.25 bits per heavy atom. The Labute approximate surface area is 143 Å². The summed E-state index contributed by atoms with van der Waals surface area (Å²) in [5, 5.41) is 8.19. The highest BCUT2D eigenvalue weighted by Crippen LogP contribution is 2.27. The second kappa shape index (κ2) is 7.81. The summed E-state index contributed by atoms with van der Waals surface area (Å²) in [4.78, 5) is 16.4. The number of halogens is 2. The Morgan fingerprint density at radius 1 is 1.38 bits per heavy atom. The number of nitrogens with zero attached hydrogens (tertiary/aromatic N) is 1. The molecule has 3 rings (SSSR count). The van der Waals surface area contributed by atoms with Gasteiger partial charge in [-0.25, -0.2) is 13.8 Å². The Kier molecular flexibility index (Phi) is 5.52. The second-order valence-electron chi connectivity index (χ2n) is 5.93. The van der Waals surface area contributed by atoms with E-state index >= 15 is 0 Å². The minimum Gasteiger partial charge on any atom is -0.351 e. The molecule has 1 aromatic carbocycles. The average molecular weight is 351 g/mol. The van der Waals surface area contributed by atoms with E-state index in [9.17, 15) is 13.6 Å². The average Bonchev–Trinajstić information content (AvgIpc) is 3.10. The fourth-order valence-electron chi connectivity index (χ4n) is 3.03. The molecule has 24 heavy (non-hydrogen) atoms. The summed E-state index contributed by atoms with van der Waals surface area (Å²) < 4.78 is 26.7. The predicted octanol–water partition coefficient (Wildman–Crippen LogP) is 2.62. The van der Waals surface area contributed by atoms with E-state index in [1.54, 1.807) is 11.6 Å². The zero-order valence-electron chi connectivity index (χ0n) is 13.1. The number of hydrogen-bond acceptors (Lipinski definition) is 4. The molecule has 0 spiro atoms. The number of carbonyl (C=O) groups is 1. The molecule has 2 N–H and O–H groups in total. The van der Waals surface area contributed by atoms with E-state index in [-0.39, 0.29) is 17.9 Å². The molecule has 1 fully saturated rings. The van der Waals surface area contributed by atoms with Crippen LogP contribution in [0.3, 0.4) is 0 Å². The number of hydrogen-bond donors (Lipinski definition) is 2. The Morgan fingerprint density at radius 3 is 3.00 bits per heavy atom. The van der Waals surface area contributed by atoms with Gasteiger partial charge in [0.05, 0.1) is 11.2 Å². The number of piperidine rings is 1. The van der Waals surface area contributed by atoms with E-state index in [2.05, 4.69) is 15.6 Å². The third-order valence-corrected chi connectivity index (χ3v) is 4.93. The number of carbonyl (C=O) groups excluding carboxylic acids is 1. The quantitative estimate of drug-likeness (QED) is 0.871. The number of amides is 1. The number of aryl methyl sites for hydroxylation is 1. The summed E-state index contributed by atoms with van der Waals surface area (Å²) in [5.74, 6) is -1.77. The maximum Gasteiger partial charge on any atom is 0.220 e. The summed E-state index contributed by atoms with van der Waals surface area (Å²) in [6, 6.07) is 3.85. The van der Waals surface area contributed by atoms with Gasteiger partial charge in [-0.1, -0.05) is 6.07 Å². The highest BCUT2D eigenvalue weighted by molar-refractivity contribution is 7.07. The van der Waals surface area contributed by atoms with Crippen molar-refractivity contribution in [3.05, 3.63) is 52.0 Å². The zero-order chi connectivity index (χ0) is 16.9. The van der Waals surface area contributed by atoms with Crippen LogP contribution in [0.4, 0.5) is 8.78 Å². The van der Waals surface area contributed by atoms with E-state index in [0.29, 0.717) is 19.4 Å². The monoisotopic (exact) mass is 351 g/mol. The summed E-state index contributed by atoms with van der Waals surface area (Å²) in [7, 11) is 0. The van der Waals surface area contributed by atoms with Gasteiger partial charge >= 0.3 is 0 Å². The van der Waals surface area contributed by atoms with Crippen molar-refractivity contribution in [2.24, 2.45) is 0 Å². The first-order chi connectivity index (χ1) is 11.6. The second-order valence-corrected chi connectivity index (χ2v) is 6.65. The van der Waals surface area contributed by atoms with E-state index in [1.165, 1.54) is 17.4 Å². The van der Waals surface area contributed by atoms with Crippen LogP contribution in [0.25, 0.3) is 0 Å².